The fraction of sp³-hybridized carbons (Fsp3) is 0.346. The van der Waals surface area contributed by atoms with E-state index in [1.165, 1.54) is 29.1 Å². The number of pyridine rings is 1. The number of carbonyl (C=O) groups is 1. The summed E-state index contributed by atoms with van der Waals surface area (Å²) in [6.45, 7) is 8.94. The van der Waals surface area contributed by atoms with Crippen LogP contribution in [0.25, 0.3) is 16.3 Å². The van der Waals surface area contributed by atoms with Gasteiger partial charge in [0.15, 0.2) is 0 Å². The predicted molar refractivity (Wildman–Crippen MR) is 143 cm³/mol. The Morgan fingerprint density at radius 3 is 2.51 bits per heavy atom. The van der Waals surface area contributed by atoms with Gasteiger partial charge in [0.1, 0.15) is 5.69 Å². The number of nitrogens with zero attached hydrogens (tertiary/aromatic N) is 7. The largest absolute Gasteiger partial charge is 0.416 e. The molecule has 0 unspecified atom stereocenters. The van der Waals surface area contributed by atoms with Crippen LogP contribution in [0.1, 0.15) is 34.1 Å². The molecule has 1 fully saturated rings. The van der Waals surface area contributed by atoms with E-state index >= 15 is 0 Å². The molecule has 0 saturated carbocycles. The van der Waals surface area contributed by atoms with Gasteiger partial charge in [-0.1, -0.05) is 12.1 Å². The van der Waals surface area contributed by atoms with Gasteiger partial charge >= 0.3 is 6.18 Å². The van der Waals surface area contributed by atoms with Gasteiger partial charge in [-0.25, -0.2) is 4.68 Å². The minimum atomic E-state index is -4.56. The maximum Gasteiger partial charge on any atom is 0.416 e. The van der Waals surface area contributed by atoms with E-state index in [-0.39, 0.29) is 16.8 Å². The van der Waals surface area contributed by atoms with Gasteiger partial charge in [0.25, 0.3) is 5.91 Å². The number of amides is 1. The lowest BCUT2D eigenvalue weighted by molar-refractivity contribution is -0.138. The topological polar surface area (TPSA) is 92.1 Å². The monoisotopic (exact) mass is 556 g/mol. The SMILES string of the molecule is CCN1CCN(c2cc(NC(=O)c3cnc(C)c(-n4cc(-c5cncs5)nn4)c3)cc(C(F)(F)F)c2C)CC1. The number of alkyl halides is 3. The molecule has 1 saturated heterocycles. The van der Waals surface area contributed by atoms with Crippen molar-refractivity contribution in [3.63, 3.8) is 0 Å². The molecule has 1 aromatic carbocycles. The zero-order valence-electron chi connectivity index (χ0n) is 21.7. The van der Waals surface area contributed by atoms with Crippen LogP contribution in [0.5, 0.6) is 0 Å². The number of thiazole rings is 1. The molecule has 4 heterocycles. The third-order valence-electron chi connectivity index (χ3n) is 6.85. The van der Waals surface area contributed by atoms with Crippen molar-refractivity contribution in [1.82, 2.24) is 29.9 Å². The van der Waals surface area contributed by atoms with Crippen LogP contribution in [-0.4, -0.2) is 68.5 Å². The average Bonchev–Trinajstić information content (AvgIpc) is 3.62. The predicted octanol–water partition coefficient (Wildman–Crippen LogP) is 4.82. The molecule has 1 amide bonds. The standard InChI is InChI=1S/C26H27F3N8OS/c1-4-35-5-7-36(8-6-35)22-11-19(10-20(16(22)2)26(27,28)29)32-25(38)18-9-23(17(3)31-12-18)37-14-21(33-34-37)24-13-30-15-39-24/h9-15H,4-8H2,1-3H3,(H,32,38). The summed E-state index contributed by atoms with van der Waals surface area (Å²) in [6.07, 6.45) is 0.216. The highest BCUT2D eigenvalue weighted by Crippen LogP contribution is 2.39. The van der Waals surface area contributed by atoms with Gasteiger partial charge in [-0.05, 0) is 44.2 Å². The zero-order valence-corrected chi connectivity index (χ0v) is 22.5. The van der Waals surface area contributed by atoms with Crippen LogP contribution in [0, 0.1) is 13.8 Å². The van der Waals surface area contributed by atoms with Crippen molar-refractivity contribution in [2.24, 2.45) is 0 Å². The first-order valence-corrected chi connectivity index (χ1v) is 13.3. The first-order valence-electron chi connectivity index (χ1n) is 12.4. The Hall–Kier alpha value is -3.84. The van der Waals surface area contributed by atoms with E-state index in [0.717, 1.165) is 30.6 Å². The molecule has 0 radical (unpaired) electrons. The molecule has 0 spiro atoms. The van der Waals surface area contributed by atoms with Crippen LogP contribution >= 0.6 is 11.3 Å². The van der Waals surface area contributed by atoms with E-state index in [1.54, 1.807) is 37.0 Å². The third-order valence-corrected chi connectivity index (χ3v) is 7.65. The van der Waals surface area contributed by atoms with E-state index in [1.807, 2.05) is 4.90 Å². The maximum absolute atomic E-state index is 14.0. The third kappa shape index (κ3) is 5.64. The highest BCUT2D eigenvalue weighted by molar-refractivity contribution is 7.13. The lowest BCUT2D eigenvalue weighted by Gasteiger charge is -2.37. The Morgan fingerprint density at radius 2 is 1.85 bits per heavy atom. The molecule has 13 heteroatoms. The van der Waals surface area contributed by atoms with Gasteiger partial charge in [0.2, 0.25) is 0 Å². The molecule has 5 rings (SSSR count). The van der Waals surface area contributed by atoms with Crippen LogP contribution in [-0.2, 0) is 6.18 Å². The van der Waals surface area contributed by atoms with Gasteiger partial charge in [0.05, 0.1) is 39.1 Å². The van der Waals surface area contributed by atoms with Crippen LogP contribution in [0.4, 0.5) is 24.5 Å². The van der Waals surface area contributed by atoms with Crippen LogP contribution in [0.15, 0.2) is 42.3 Å². The fourth-order valence-electron chi connectivity index (χ4n) is 4.62. The summed E-state index contributed by atoms with van der Waals surface area (Å²) in [5, 5.41) is 11.0. The summed E-state index contributed by atoms with van der Waals surface area (Å²) < 4.78 is 43.4. The Kier molecular flexibility index (Phi) is 7.36. The quantitative estimate of drug-likeness (QED) is 0.364. The van der Waals surface area contributed by atoms with Gasteiger partial charge in [-0.15, -0.1) is 16.4 Å². The summed E-state index contributed by atoms with van der Waals surface area (Å²) in [7, 11) is 0. The molecular weight excluding hydrogens is 529 g/mol. The number of aryl methyl sites for hydroxylation is 1. The van der Waals surface area contributed by atoms with E-state index in [4.69, 9.17) is 0 Å². The highest BCUT2D eigenvalue weighted by Gasteiger charge is 2.35. The molecular formula is C26H27F3N8OS. The number of nitrogens with one attached hydrogen (secondary N) is 1. The van der Waals surface area contributed by atoms with Crippen molar-refractivity contribution in [2.75, 3.05) is 42.9 Å². The number of anilines is 2. The van der Waals surface area contributed by atoms with Crippen LogP contribution in [0.2, 0.25) is 0 Å². The summed E-state index contributed by atoms with van der Waals surface area (Å²) >= 11 is 1.42. The number of piperazine rings is 1. The molecule has 0 atom stereocenters. The Labute approximate surface area is 227 Å². The molecule has 3 aromatic heterocycles. The molecule has 1 aliphatic rings. The van der Waals surface area contributed by atoms with Crippen molar-refractivity contribution < 1.29 is 18.0 Å². The molecule has 0 bridgehead atoms. The number of rotatable bonds is 6. The molecule has 9 nitrogen and oxygen atoms in total. The number of hydrogen-bond donors (Lipinski definition) is 1. The van der Waals surface area contributed by atoms with Gasteiger partial charge < -0.3 is 15.1 Å². The highest BCUT2D eigenvalue weighted by atomic mass is 32.1. The van der Waals surface area contributed by atoms with E-state index in [9.17, 15) is 18.0 Å². The fourth-order valence-corrected chi connectivity index (χ4v) is 5.19. The minimum absolute atomic E-state index is 0.0706. The molecule has 1 aliphatic heterocycles. The molecule has 0 aliphatic carbocycles. The lowest BCUT2D eigenvalue weighted by Crippen LogP contribution is -2.46. The normalized spacial score (nSPS) is 14.6. The smallest absolute Gasteiger partial charge is 0.369 e. The number of aromatic nitrogens is 5. The summed E-state index contributed by atoms with van der Waals surface area (Å²) in [5.41, 5.74) is 3.55. The summed E-state index contributed by atoms with van der Waals surface area (Å²) in [6, 6.07) is 4.19. The van der Waals surface area contributed by atoms with Crippen LogP contribution in [0.3, 0.4) is 0 Å². The molecule has 4 aromatic rings. The van der Waals surface area contributed by atoms with Gasteiger partial charge in [0, 0.05) is 49.9 Å². The summed E-state index contributed by atoms with van der Waals surface area (Å²) in [5.74, 6) is -0.578. The van der Waals surface area contributed by atoms with E-state index < -0.39 is 17.6 Å². The van der Waals surface area contributed by atoms with E-state index in [0.29, 0.717) is 35.9 Å². The van der Waals surface area contributed by atoms with Gasteiger partial charge in [-0.2, -0.15) is 13.2 Å². The number of halogens is 3. The van der Waals surface area contributed by atoms with Crippen molar-refractivity contribution in [2.45, 2.75) is 26.9 Å². The average molecular weight is 557 g/mol. The van der Waals surface area contributed by atoms with E-state index in [2.05, 4.69) is 37.4 Å². The van der Waals surface area contributed by atoms with Crippen LogP contribution < -0.4 is 10.2 Å². The first kappa shape index (κ1) is 26.8. The Morgan fingerprint density at radius 1 is 1.08 bits per heavy atom. The second kappa shape index (κ2) is 10.7. The van der Waals surface area contributed by atoms with Crippen molar-refractivity contribution in [3.8, 4) is 16.3 Å². The molecule has 204 valence electrons. The second-order valence-corrected chi connectivity index (χ2v) is 10.2. The van der Waals surface area contributed by atoms with Crippen molar-refractivity contribution in [3.05, 3.63) is 64.7 Å². The first-order chi connectivity index (χ1) is 18.6. The maximum atomic E-state index is 14.0. The Balaban J connectivity index is 1.43. The summed E-state index contributed by atoms with van der Waals surface area (Å²) in [4.78, 5) is 26.6. The van der Waals surface area contributed by atoms with Gasteiger partial charge in [-0.3, -0.25) is 14.8 Å². The number of likely N-dealkylation sites (N-methyl/N-ethyl adjacent to an activating group) is 1. The van der Waals surface area contributed by atoms with Crippen molar-refractivity contribution >= 4 is 28.6 Å². The Bertz CT molecular complexity index is 1480. The second-order valence-electron chi connectivity index (χ2n) is 9.28. The zero-order chi connectivity index (χ0) is 27.7. The minimum Gasteiger partial charge on any atom is -0.369 e. The lowest BCUT2D eigenvalue weighted by atomic mass is 10.0. The number of benzene rings is 1. The van der Waals surface area contributed by atoms with Crippen molar-refractivity contribution in [1.29, 1.82) is 0 Å². The number of carbonyl (C=O) groups excluding carboxylic acids is 1. The molecule has 39 heavy (non-hydrogen) atoms. The molecule has 1 N–H and O–H groups in total. The number of hydrogen-bond acceptors (Lipinski definition) is 8.